The fraction of sp³-hybridized carbons (Fsp3) is 0.109. The first-order chi connectivity index (χ1) is 29.7. The first kappa shape index (κ1) is 33.4. The zero-order chi connectivity index (χ0) is 39.5. The van der Waals surface area contributed by atoms with Crippen LogP contribution in [-0.2, 0) is 0 Å². The molecule has 5 nitrogen and oxygen atoms in total. The van der Waals surface area contributed by atoms with Crippen LogP contribution in [0.4, 0.5) is 0 Å². The van der Waals surface area contributed by atoms with Crippen LogP contribution in [0.3, 0.4) is 0 Å². The maximum atomic E-state index is 10.9. The predicted molar refractivity (Wildman–Crippen MR) is 245 cm³/mol. The third-order valence-electron chi connectivity index (χ3n) is 13.5. The molecule has 0 bridgehead atoms. The van der Waals surface area contributed by atoms with Crippen molar-refractivity contribution in [1.29, 1.82) is 5.26 Å². The van der Waals surface area contributed by atoms with E-state index in [-0.39, 0.29) is 6.10 Å². The van der Waals surface area contributed by atoms with E-state index < -0.39 is 0 Å². The maximum Gasteiger partial charge on any atom is 0.125 e. The standard InChI is InChI=1S/C55H38N4O/c56-33-36-32-35(34-22-25-38(26-23-34)57-47-18-8-4-14-39(47)42-29-31-51-52(53(42)57)45-17-7-11-21-50(45)60-51)24-30-46(36)59-49-20-10-6-16-41(49)44-28-27-43-40-15-5-9-19-48(40)58(54(43)55(44)59)37-12-2-1-3-13-37/h1-6,8-10,12-16,18-20,22-32,45,50H,7,11,17,21H2. The Labute approximate surface area is 346 Å². The van der Waals surface area contributed by atoms with Gasteiger partial charge in [-0.25, -0.2) is 0 Å². The van der Waals surface area contributed by atoms with E-state index >= 15 is 0 Å². The second kappa shape index (κ2) is 12.7. The molecular formula is C55H38N4O. The lowest BCUT2D eigenvalue weighted by atomic mass is 9.82. The molecule has 5 heteroatoms. The average Bonchev–Trinajstić information content (AvgIpc) is 4.05. The van der Waals surface area contributed by atoms with Crippen molar-refractivity contribution in [2.45, 2.75) is 37.7 Å². The summed E-state index contributed by atoms with van der Waals surface area (Å²) in [6.07, 6.45) is 5.05. The third-order valence-corrected chi connectivity index (χ3v) is 13.5. The minimum Gasteiger partial charge on any atom is -0.489 e. The van der Waals surface area contributed by atoms with Crippen molar-refractivity contribution in [3.05, 3.63) is 181 Å². The smallest absolute Gasteiger partial charge is 0.125 e. The van der Waals surface area contributed by atoms with E-state index in [0.717, 1.165) is 73.2 Å². The van der Waals surface area contributed by atoms with Gasteiger partial charge in [-0.2, -0.15) is 5.26 Å². The van der Waals surface area contributed by atoms with Crippen LogP contribution in [0.1, 0.15) is 42.7 Å². The average molecular weight is 771 g/mol. The highest BCUT2D eigenvalue weighted by Crippen LogP contribution is 2.51. The van der Waals surface area contributed by atoms with Crippen LogP contribution in [0.5, 0.6) is 5.75 Å². The molecule has 0 N–H and O–H groups in total. The molecule has 1 fully saturated rings. The van der Waals surface area contributed by atoms with Gasteiger partial charge in [-0.05, 0) is 97.1 Å². The van der Waals surface area contributed by atoms with E-state index in [1.807, 2.05) is 0 Å². The Morgan fingerprint density at radius 1 is 0.467 bits per heavy atom. The van der Waals surface area contributed by atoms with Gasteiger partial charge in [0, 0.05) is 55.2 Å². The van der Waals surface area contributed by atoms with E-state index in [0.29, 0.717) is 11.5 Å². The van der Waals surface area contributed by atoms with E-state index in [2.05, 4.69) is 190 Å². The van der Waals surface area contributed by atoms with E-state index in [4.69, 9.17) is 4.74 Å². The highest BCUT2D eigenvalue weighted by molar-refractivity contribution is 6.24. The monoisotopic (exact) mass is 770 g/mol. The number of nitriles is 1. The van der Waals surface area contributed by atoms with Crippen LogP contribution < -0.4 is 4.74 Å². The van der Waals surface area contributed by atoms with Gasteiger partial charge in [-0.1, -0.05) is 110 Å². The van der Waals surface area contributed by atoms with Crippen molar-refractivity contribution in [3.63, 3.8) is 0 Å². The highest BCUT2D eigenvalue weighted by Gasteiger charge is 2.39. The Bertz CT molecular complexity index is 3600. The topological polar surface area (TPSA) is 47.8 Å². The fourth-order valence-electron chi connectivity index (χ4n) is 10.9. The third kappa shape index (κ3) is 4.62. The summed E-state index contributed by atoms with van der Waals surface area (Å²) in [4.78, 5) is 0. The summed E-state index contributed by atoms with van der Waals surface area (Å²) < 4.78 is 13.8. The van der Waals surface area contributed by atoms with Crippen molar-refractivity contribution in [1.82, 2.24) is 13.7 Å². The molecule has 11 aromatic rings. The minimum atomic E-state index is 0.271. The van der Waals surface area contributed by atoms with Crippen LogP contribution in [-0.4, -0.2) is 19.8 Å². The van der Waals surface area contributed by atoms with Crippen LogP contribution >= 0.6 is 0 Å². The summed E-state index contributed by atoms with van der Waals surface area (Å²) in [6.45, 7) is 0. The molecule has 3 aromatic heterocycles. The molecule has 2 atom stereocenters. The molecule has 60 heavy (non-hydrogen) atoms. The number of ether oxygens (including phenoxy) is 1. The molecule has 1 saturated carbocycles. The Kier molecular flexibility index (Phi) is 7.09. The van der Waals surface area contributed by atoms with Gasteiger partial charge in [0.05, 0.1) is 44.4 Å². The Morgan fingerprint density at radius 3 is 1.68 bits per heavy atom. The number of fused-ring (bicyclic) bond motifs is 14. The summed E-state index contributed by atoms with van der Waals surface area (Å²) in [5.74, 6) is 1.48. The molecule has 2 aliphatic rings. The number of para-hydroxylation sites is 4. The molecule has 8 aromatic carbocycles. The Balaban J connectivity index is 0.982. The van der Waals surface area contributed by atoms with E-state index in [1.54, 1.807) is 0 Å². The number of hydrogen-bond donors (Lipinski definition) is 0. The number of nitrogens with zero attached hydrogens (tertiary/aromatic N) is 4. The molecule has 0 spiro atoms. The van der Waals surface area contributed by atoms with Gasteiger partial charge in [0.2, 0.25) is 0 Å². The zero-order valence-corrected chi connectivity index (χ0v) is 32.8. The normalized spacial score (nSPS) is 16.2. The van der Waals surface area contributed by atoms with Crippen LogP contribution in [0.25, 0.3) is 93.6 Å². The van der Waals surface area contributed by atoms with Crippen LogP contribution in [0.15, 0.2) is 170 Å². The summed E-state index contributed by atoms with van der Waals surface area (Å²) in [5.41, 5.74) is 14.1. The molecule has 2 unspecified atom stereocenters. The van der Waals surface area contributed by atoms with Gasteiger partial charge >= 0.3 is 0 Å². The largest absolute Gasteiger partial charge is 0.489 e. The fourth-order valence-corrected chi connectivity index (χ4v) is 10.9. The van der Waals surface area contributed by atoms with Crippen molar-refractivity contribution in [2.24, 2.45) is 0 Å². The lowest BCUT2D eigenvalue weighted by molar-refractivity contribution is 0.164. The van der Waals surface area contributed by atoms with E-state index in [1.165, 1.54) is 57.4 Å². The van der Waals surface area contributed by atoms with Gasteiger partial charge in [-0.15, -0.1) is 0 Å². The summed E-state index contributed by atoms with van der Waals surface area (Å²) in [7, 11) is 0. The number of hydrogen-bond acceptors (Lipinski definition) is 2. The summed E-state index contributed by atoms with van der Waals surface area (Å²) in [5, 5.41) is 18.2. The van der Waals surface area contributed by atoms with Gasteiger partial charge in [-0.3, -0.25) is 0 Å². The first-order valence-corrected chi connectivity index (χ1v) is 21.1. The lowest BCUT2D eigenvalue weighted by Gasteiger charge is -2.24. The van der Waals surface area contributed by atoms with Gasteiger partial charge in [0.1, 0.15) is 17.9 Å². The SMILES string of the molecule is N#Cc1cc(-c2ccc(-n3c4ccccc4c4ccc5c(c43)C3CCCCC3O5)cc2)ccc1-n1c2ccccc2c2ccc3c4ccccc4n(-c4ccccc4)c3c21. The molecule has 1 aliphatic carbocycles. The molecule has 0 saturated heterocycles. The van der Waals surface area contributed by atoms with Crippen LogP contribution in [0, 0.1) is 11.3 Å². The summed E-state index contributed by atoms with van der Waals surface area (Å²) >= 11 is 0. The Hall–Kier alpha value is -7.55. The second-order valence-electron chi connectivity index (χ2n) is 16.6. The number of benzene rings is 8. The molecular weight excluding hydrogens is 733 g/mol. The molecule has 284 valence electrons. The quantitative estimate of drug-likeness (QED) is 0.179. The van der Waals surface area contributed by atoms with Gasteiger partial charge < -0.3 is 18.4 Å². The molecule has 13 rings (SSSR count). The molecule has 0 amide bonds. The Morgan fingerprint density at radius 2 is 1.00 bits per heavy atom. The molecule has 4 heterocycles. The molecule has 1 aliphatic heterocycles. The summed E-state index contributed by atoms with van der Waals surface area (Å²) in [6, 6.07) is 63.5. The van der Waals surface area contributed by atoms with Crippen molar-refractivity contribution in [2.75, 3.05) is 0 Å². The predicted octanol–water partition coefficient (Wildman–Crippen LogP) is 13.9. The van der Waals surface area contributed by atoms with Crippen molar-refractivity contribution in [3.8, 4) is 40.0 Å². The van der Waals surface area contributed by atoms with E-state index in [9.17, 15) is 5.26 Å². The van der Waals surface area contributed by atoms with Crippen LogP contribution in [0.2, 0.25) is 0 Å². The maximum absolute atomic E-state index is 10.9. The van der Waals surface area contributed by atoms with Gasteiger partial charge in [0.15, 0.2) is 0 Å². The minimum absolute atomic E-state index is 0.271. The van der Waals surface area contributed by atoms with Crippen molar-refractivity contribution < 1.29 is 4.74 Å². The highest BCUT2D eigenvalue weighted by atomic mass is 16.5. The lowest BCUT2D eigenvalue weighted by Crippen LogP contribution is -2.22. The zero-order valence-electron chi connectivity index (χ0n) is 32.8. The number of aromatic nitrogens is 3. The van der Waals surface area contributed by atoms with Gasteiger partial charge in [0.25, 0.3) is 0 Å². The second-order valence-corrected chi connectivity index (χ2v) is 16.6. The van der Waals surface area contributed by atoms with Crippen molar-refractivity contribution >= 4 is 65.4 Å². The molecule has 0 radical (unpaired) electrons. The first-order valence-electron chi connectivity index (χ1n) is 21.1. The number of rotatable bonds is 4.